The molecular formula is C15H13Br2F2NO. The predicted octanol–water partition coefficient (Wildman–Crippen LogP) is 5.05. The van der Waals surface area contributed by atoms with E-state index < -0.39 is 11.6 Å². The number of phenolic OH excluding ortho intramolecular Hbond substituents is 1. The predicted molar refractivity (Wildman–Crippen MR) is 85.1 cm³/mol. The molecule has 2 N–H and O–H groups in total. The molecule has 0 bridgehead atoms. The normalized spacial score (nSPS) is 12.4. The van der Waals surface area contributed by atoms with E-state index in [0.717, 1.165) is 11.6 Å². The molecule has 0 aliphatic carbocycles. The molecule has 1 atom stereocenters. The molecule has 6 heteroatoms. The van der Waals surface area contributed by atoms with Gasteiger partial charge >= 0.3 is 0 Å². The van der Waals surface area contributed by atoms with Crippen LogP contribution in [0.5, 0.6) is 5.75 Å². The van der Waals surface area contributed by atoms with Gasteiger partial charge in [0.2, 0.25) is 0 Å². The maximum atomic E-state index is 13.7. The van der Waals surface area contributed by atoms with Crippen molar-refractivity contribution in [1.29, 1.82) is 0 Å². The smallest absolute Gasteiger partial charge is 0.143 e. The highest BCUT2D eigenvalue weighted by molar-refractivity contribution is 9.11. The lowest BCUT2D eigenvalue weighted by molar-refractivity contribution is 0.467. The fourth-order valence-corrected chi connectivity index (χ4v) is 3.23. The Morgan fingerprint density at radius 2 is 1.76 bits per heavy atom. The van der Waals surface area contributed by atoms with Crippen molar-refractivity contribution >= 4 is 31.9 Å². The molecule has 0 spiro atoms. The highest BCUT2D eigenvalue weighted by Crippen LogP contribution is 2.33. The standard InChI is InChI=1S/C15H13Br2F2NO/c1-8(11-3-2-10(18)6-14(11)19)20-7-9-4-12(16)15(21)13(17)5-9/h2-6,8,20-21H,7H2,1H3. The van der Waals surface area contributed by atoms with Crippen LogP contribution in [0.15, 0.2) is 39.3 Å². The molecule has 0 amide bonds. The zero-order valence-electron chi connectivity index (χ0n) is 11.1. The molecule has 0 aliphatic rings. The summed E-state index contributed by atoms with van der Waals surface area (Å²) in [6.07, 6.45) is 0. The lowest BCUT2D eigenvalue weighted by Crippen LogP contribution is -2.19. The third-order valence-electron chi connectivity index (χ3n) is 3.12. The minimum absolute atomic E-state index is 0.136. The summed E-state index contributed by atoms with van der Waals surface area (Å²) in [5.41, 5.74) is 1.33. The van der Waals surface area contributed by atoms with Crippen molar-refractivity contribution in [2.24, 2.45) is 0 Å². The van der Waals surface area contributed by atoms with E-state index in [1.54, 1.807) is 19.1 Å². The van der Waals surface area contributed by atoms with E-state index in [9.17, 15) is 13.9 Å². The van der Waals surface area contributed by atoms with Crippen LogP contribution >= 0.6 is 31.9 Å². The molecule has 0 aliphatic heterocycles. The third-order valence-corrected chi connectivity index (χ3v) is 4.33. The van der Waals surface area contributed by atoms with Crippen LogP contribution < -0.4 is 5.32 Å². The van der Waals surface area contributed by atoms with E-state index in [1.807, 2.05) is 0 Å². The Labute approximate surface area is 138 Å². The average molecular weight is 421 g/mol. The maximum absolute atomic E-state index is 13.7. The molecule has 21 heavy (non-hydrogen) atoms. The Kier molecular flexibility index (Phi) is 5.35. The molecule has 0 aromatic heterocycles. The monoisotopic (exact) mass is 419 g/mol. The molecule has 2 nitrogen and oxygen atoms in total. The van der Waals surface area contributed by atoms with Crippen LogP contribution in [0.4, 0.5) is 8.78 Å². The number of rotatable bonds is 4. The van der Waals surface area contributed by atoms with Crippen molar-refractivity contribution < 1.29 is 13.9 Å². The minimum Gasteiger partial charge on any atom is -0.506 e. The van der Waals surface area contributed by atoms with Gasteiger partial charge in [0.15, 0.2) is 0 Å². The van der Waals surface area contributed by atoms with Gasteiger partial charge in [0, 0.05) is 24.2 Å². The lowest BCUT2D eigenvalue weighted by Gasteiger charge is -2.16. The van der Waals surface area contributed by atoms with E-state index in [1.165, 1.54) is 12.1 Å². The summed E-state index contributed by atoms with van der Waals surface area (Å²) in [5.74, 6) is -1.02. The third kappa shape index (κ3) is 4.02. The highest BCUT2D eigenvalue weighted by Gasteiger charge is 2.12. The summed E-state index contributed by atoms with van der Waals surface area (Å²) < 4.78 is 27.7. The average Bonchev–Trinajstić information content (AvgIpc) is 2.42. The second-order valence-corrected chi connectivity index (χ2v) is 6.39. The summed E-state index contributed by atoms with van der Waals surface area (Å²) in [4.78, 5) is 0. The van der Waals surface area contributed by atoms with Crippen molar-refractivity contribution in [3.63, 3.8) is 0 Å². The van der Waals surface area contributed by atoms with E-state index in [2.05, 4.69) is 37.2 Å². The van der Waals surface area contributed by atoms with Gasteiger partial charge in [-0.1, -0.05) is 6.07 Å². The van der Waals surface area contributed by atoms with Crippen LogP contribution in [-0.2, 0) is 6.54 Å². The van der Waals surface area contributed by atoms with E-state index in [-0.39, 0.29) is 11.8 Å². The van der Waals surface area contributed by atoms with Crippen molar-refractivity contribution in [2.75, 3.05) is 0 Å². The fraction of sp³-hybridized carbons (Fsp3) is 0.200. The van der Waals surface area contributed by atoms with Crippen LogP contribution in [0.2, 0.25) is 0 Å². The Bertz CT molecular complexity index is 641. The molecule has 112 valence electrons. The van der Waals surface area contributed by atoms with Crippen LogP contribution in [0.3, 0.4) is 0 Å². The van der Waals surface area contributed by atoms with Gasteiger partial charge in [0.25, 0.3) is 0 Å². The van der Waals surface area contributed by atoms with Gasteiger partial charge in [-0.15, -0.1) is 0 Å². The SMILES string of the molecule is CC(NCc1cc(Br)c(O)c(Br)c1)c1ccc(F)cc1F. The van der Waals surface area contributed by atoms with E-state index in [0.29, 0.717) is 21.1 Å². The minimum atomic E-state index is -0.588. The molecule has 1 unspecified atom stereocenters. The molecule has 0 saturated carbocycles. The summed E-state index contributed by atoms with van der Waals surface area (Å²) in [6, 6.07) is 6.84. The van der Waals surface area contributed by atoms with Crippen molar-refractivity contribution in [2.45, 2.75) is 19.5 Å². The molecule has 2 aromatic rings. The molecule has 0 fully saturated rings. The first kappa shape index (κ1) is 16.4. The van der Waals surface area contributed by atoms with Gasteiger partial charge in [-0.3, -0.25) is 0 Å². The Hall–Kier alpha value is -0.980. The van der Waals surface area contributed by atoms with Crippen molar-refractivity contribution in [3.8, 4) is 5.75 Å². The van der Waals surface area contributed by atoms with Crippen LogP contribution in [-0.4, -0.2) is 5.11 Å². The number of benzene rings is 2. The molecule has 0 heterocycles. The highest BCUT2D eigenvalue weighted by atomic mass is 79.9. The summed E-state index contributed by atoms with van der Waals surface area (Å²) in [6.45, 7) is 2.29. The van der Waals surface area contributed by atoms with Crippen LogP contribution in [0, 0.1) is 11.6 Å². The second kappa shape index (κ2) is 6.85. The zero-order chi connectivity index (χ0) is 15.6. The topological polar surface area (TPSA) is 32.3 Å². The molecule has 2 rings (SSSR count). The Morgan fingerprint density at radius 1 is 1.14 bits per heavy atom. The summed E-state index contributed by atoms with van der Waals surface area (Å²) >= 11 is 6.52. The second-order valence-electron chi connectivity index (χ2n) is 4.68. The molecule has 0 saturated heterocycles. The quantitative estimate of drug-likeness (QED) is 0.725. The fourth-order valence-electron chi connectivity index (χ4n) is 1.95. The number of halogens is 4. The first-order chi connectivity index (χ1) is 9.88. The first-order valence-electron chi connectivity index (χ1n) is 6.23. The number of hydrogen-bond donors (Lipinski definition) is 2. The van der Waals surface area contributed by atoms with Crippen molar-refractivity contribution in [3.05, 3.63) is 62.0 Å². The van der Waals surface area contributed by atoms with Gasteiger partial charge in [-0.05, 0) is 62.5 Å². The van der Waals surface area contributed by atoms with Gasteiger partial charge in [-0.25, -0.2) is 8.78 Å². The van der Waals surface area contributed by atoms with Gasteiger partial charge < -0.3 is 10.4 Å². The van der Waals surface area contributed by atoms with Gasteiger partial charge in [-0.2, -0.15) is 0 Å². The van der Waals surface area contributed by atoms with Gasteiger partial charge in [0.1, 0.15) is 17.4 Å². The number of aromatic hydroxyl groups is 1. The Balaban J connectivity index is 2.09. The number of nitrogens with one attached hydrogen (secondary N) is 1. The molecule has 0 radical (unpaired) electrons. The van der Waals surface area contributed by atoms with E-state index >= 15 is 0 Å². The van der Waals surface area contributed by atoms with Crippen molar-refractivity contribution in [1.82, 2.24) is 5.32 Å². The zero-order valence-corrected chi connectivity index (χ0v) is 14.3. The Morgan fingerprint density at radius 3 is 2.33 bits per heavy atom. The number of phenols is 1. The number of hydrogen-bond acceptors (Lipinski definition) is 2. The maximum Gasteiger partial charge on any atom is 0.143 e. The molecular weight excluding hydrogens is 408 g/mol. The van der Waals surface area contributed by atoms with Crippen LogP contribution in [0.25, 0.3) is 0 Å². The lowest BCUT2D eigenvalue weighted by atomic mass is 10.1. The molecule has 2 aromatic carbocycles. The summed E-state index contributed by atoms with van der Waals surface area (Å²) in [7, 11) is 0. The summed E-state index contributed by atoms with van der Waals surface area (Å²) in [5, 5.41) is 12.8. The van der Waals surface area contributed by atoms with Crippen LogP contribution in [0.1, 0.15) is 24.1 Å². The van der Waals surface area contributed by atoms with Gasteiger partial charge in [0.05, 0.1) is 8.95 Å². The largest absolute Gasteiger partial charge is 0.506 e. The van der Waals surface area contributed by atoms with E-state index in [4.69, 9.17) is 0 Å². The first-order valence-corrected chi connectivity index (χ1v) is 7.82.